The first-order chi connectivity index (χ1) is 10.8. The molecule has 0 heterocycles. The fraction of sp³-hybridized carbons (Fsp3) is 0.500. The number of hydrogen-bond donors (Lipinski definition) is 2. The van der Waals surface area contributed by atoms with E-state index in [1.807, 2.05) is 13.8 Å². The number of alkyl carbamates (subject to hydrolysis) is 1. The summed E-state index contributed by atoms with van der Waals surface area (Å²) >= 11 is 0. The van der Waals surface area contributed by atoms with E-state index in [0.717, 1.165) is 12.1 Å². The number of benzene rings is 1. The van der Waals surface area contributed by atoms with E-state index >= 15 is 0 Å². The second-order valence-corrected chi connectivity index (χ2v) is 5.50. The molecule has 0 bridgehead atoms. The highest BCUT2D eigenvalue weighted by Gasteiger charge is 2.20. The smallest absolute Gasteiger partial charge is 0.407 e. The number of nitrogens with one attached hydrogen (secondary N) is 2. The molecule has 128 valence electrons. The van der Waals surface area contributed by atoms with Crippen molar-refractivity contribution in [1.82, 2.24) is 10.6 Å². The zero-order chi connectivity index (χ0) is 17.4. The van der Waals surface area contributed by atoms with Gasteiger partial charge in [-0.1, -0.05) is 19.9 Å². The number of halogens is 2. The first-order valence-corrected chi connectivity index (χ1v) is 7.50. The minimum Gasteiger partial charge on any atom is -0.450 e. The molecule has 1 aromatic rings. The molecular weight excluding hydrogens is 306 g/mol. The topological polar surface area (TPSA) is 67.4 Å². The van der Waals surface area contributed by atoms with Crippen LogP contribution in [0.3, 0.4) is 0 Å². The molecule has 7 heteroatoms. The highest BCUT2D eigenvalue weighted by Crippen LogP contribution is 2.12. The number of rotatable bonds is 7. The van der Waals surface area contributed by atoms with Crippen LogP contribution in [0.15, 0.2) is 18.2 Å². The Labute approximate surface area is 134 Å². The molecule has 2 amide bonds. The van der Waals surface area contributed by atoms with Crippen molar-refractivity contribution in [2.45, 2.75) is 33.2 Å². The summed E-state index contributed by atoms with van der Waals surface area (Å²) in [6.07, 6.45) is -0.0109. The number of ether oxygens (including phenoxy) is 1. The maximum Gasteiger partial charge on any atom is 0.407 e. The fourth-order valence-electron chi connectivity index (χ4n) is 2.12. The van der Waals surface area contributed by atoms with Gasteiger partial charge in [0.05, 0.1) is 6.61 Å². The lowest BCUT2D eigenvalue weighted by Gasteiger charge is -2.21. The molecule has 5 nitrogen and oxygen atoms in total. The third-order valence-electron chi connectivity index (χ3n) is 3.05. The first-order valence-electron chi connectivity index (χ1n) is 7.50. The second-order valence-electron chi connectivity index (χ2n) is 5.50. The van der Waals surface area contributed by atoms with Crippen molar-refractivity contribution in [3.63, 3.8) is 0 Å². The van der Waals surface area contributed by atoms with E-state index in [0.29, 0.717) is 6.42 Å². The van der Waals surface area contributed by atoms with E-state index in [9.17, 15) is 18.4 Å². The van der Waals surface area contributed by atoms with Crippen LogP contribution in [0.5, 0.6) is 0 Å². The lowest BCUT2D eigenvalue weighted by molar-refractivity contribution is 0.0936. The van der Waals surface area contributed by atoms with Gasteiger partial charge < -0.3 is 15.4 Å². The number of carbonyl (C=O) groups excluding carboxylic acids is 2. The van der Waals surface area contributed by atoms with Gasteiger partial charge in [-0.15, -0.1) is 0 Å². The molecule has 0 saturated carbocycles. The predicted octanol–water partition coefficient (Wildman–Crippen LogP) is 2.86. The van der Waals surface area contributed by atoms with Crippen LogP contribution in [0.4, 0.5) is 13.6 Å². The van der Waals surface area contributed by atoms with E-state index in [4.69, 9.17) is 4.74 Å². The van der Waals surface area contributed by atoms with Crippen LogP contribution in [-0.2, 0) is 4.74 Å². The molecule has 0 aliphatic carbocycles. The zero-order valence-corrected chi connectivity index (χ0v) is 13.5. The minimum atomic E-state index is -0.929. The van der Waals surface area contributed by atoms with Gasteiger partial charge in [0.2, 0.25) is 0 Å². The molecular formula is C16H22F2N2O3. The van der Waals surface area contributed by atoms with Gasteiger partial charge in [-0.05, 0) is 31.4 Å². The van der Waals surface area contributed by atoms with Gasteiger partial charge in [0.25, 0.3) is 5.91 Å². The predicted molar refractivity (Wildman–Crippen MR) is 82.1 cm³/mol. The lowest BCUT2D eigenvalue weighted by atomic mass is 10.0. The van der Waals surface area contributed by atoms with Gasteiger partial charge in [-0.3, -0.25) is 4.79 Å². The largest absolute Gasteiger partial charge is 0.450 e. The first kappa shape index (κ1) is 18.9. The number of amides is 2. The minimum absolute atomic E-state index is 0.0452. The van der Waals surface area contributed by atoms with E-state index in [-0.39, 0.29) is 19.1 Å². The number of carbonyl (C=O) groups is 2. The van der Waals surface area contributed by atoms with Gasteiger partial charge >= 0.3 is 6.09 Å². The van der Waals surface area contributed by atoms with E-state index < -0.39 is 35.2 Å². The van der Waals surface area contributed by atoms with Crippen LogP contribution in [0, 0.1) is 17.6 Å². The molecule has 0 radical (unpaired) electrons. The Balaban J connectivity index is 2.69. The Kier molecular flexibility index (Phi) is 7.44. The monoisotopic (exact) mass is 328 g/mol. The van der Waals surface area contributed by atoms with Crippen molar-refractivity contribution in [2.75, 3.05) is 13.2 Å². The summed E-state index contributed by atoms with van der Waals surface area (Å²) < 4.78 is 31.9. The van der Waals surface area contributed by atoms with E-state index in [1.165, 1.54) is 6.07 Å². The molecule has 2 N–H and O–H groups in total. The Morgan fingerprint density at radius 1 is 1.22 bits per heavy atom. The van der Waals surface area contributed by atoms with E-state index in [1.54, 1.807) is 6.92 Å². The van der Waals surface area contributed by atoms with Crippen LogP contribution in [-0.4, -0.2) is 31.2 Å². The quantitative estimate of drug-likeness (QED) is 0.809. The fourth-order valence-corrected chi connectivity index (χ4v) is 2.12. The molecule has 0 aliphatic heterocycles. The van der Waals surface area contributed by atoms with Crippen LogP contribution in [0.2, 0.25) is 0 Å². The second kappa shape index (κ2) is 9.07. The third kappa shape index (κ3) is 6.22. The molecule has 1 atom stereocenters. The summed E-state index contributed by atoms with van der Waals surface area (Å²) in [5, 5.41) is 5.07. The van der Waals surface area contributed by atoms with Crippen molar-refractivity contribution in [1.29, 1.82) is 0 Å². The Morgan fingerprint density at radius 3 is 2.35 bits per heavy atom. The van der Waals surface area contributed by atoms with Crippen molar-refractivity contribution < 1.29 is 23.1 Å². The van der Waals surface area contributed by atoms with Gasteiger partial charge in [-0.2, -0.15) is 0 Å². The molecule has 0 saturated heterocycles. The molecule has 1 rings (SSSR count). The maximum atomic E-state index is 13.6. The highest BCUT2D eigenvalue weighted by molar-refractivity contribution is 5.94. The SMILES string of the molecule is CCOC(=O)N[C@@H](CNC(=O)c1c(F)cccc1F)CC(C)C. The molecule has 0 aliphatic rings. The van der Waals surface area contributed by atoms with E-state index in [2.05, 4.69) is 10.6 Å². The molecule has 0 aromatic heterocycles. The van der Waals surface area contributed by atoms with Crippen molar-refractivity contribution >= 4 is 12.0 Å². The van der Waals surface area contributed by atoms with Gasteiger partial charge in [0, 0.05) is 12.6 Å². The molecule has 0 unspecified atom stereocenters. The molecule has 0 spiro atoms. The van der Waals surface area contributed by atoms with Crippen molar-refractivity contribution in [3.8, 4) is 0 Å². The normalized spacial score (nSPS) is 11.9. The third-order valence-corrected chi connectivity index (χ3v) is 3.05. The molecule has 0 fully saturated rings. The standard InChI is InChI=1S/C16H22F2N2O3/c1-4-23-16(22)20-11(8-10(2)3)9-19-15(21)14-12(17)6-5-7-13(14)18/h5-7,10-11H,4,8-9H2,1-3H3,(H,19,21)(H,20,22)/t11-/m1/s1. The Bertz CT molecular complexity index is 530. The zero-order valence-electron chi connectivity index (χ0n) is 13.5. The van der Waals surface area contributed by atoms with Crippen LogP contribution in [0.25, 0.3) is 0 Å². The average molecular weight is 328 g/mol. The highest BCUT2D eigenvalue weighted by atomic mass is 19.1. The molecule has 1 aromatic carbocycles. The average Bonchev–Trinajstić information content (AvgIpc) is 2.44. The Hall–Kier alpha value is -2.18. The van der Waals surface area contributed by atoms with Crippen LogP contribution < -0.4 is 10.6 Å². The maximum absolute atomic E-state index is 13.6. The lowest BCUT2D eigenvalue weighted by Crippen LogP contribution is -2.44. The summed E-state index contributed by atoms with van der Waals surface area (Å²) in [4.78, 5) is 23.4. The Morgan fingerprint density at radius 2 is 1.83 bits per heavy atom. The van der Waals surface area contributed by atoms with Crippen LogP contribution in [0.1, 0.15) is 37.6 Å². The van der Waals surface area contributed by atoms with Gasteiger partial charge in [0.15, 0.2) is 0 Å². The summed E-state index contributed by atoms with van der Waals surface area (Å²) in [5.41, 5.74) is -0.632. The van der Waals surface area contributed by atoms with Crippen LogP contribution >= 0.6 is 0 Å². The van der Waals surface area contributed by atoms with Crippen molar-refractivity contribution in [3.05, 3.63) is 35.4 Å². The van der Waals surface area contributed by atoms with Gasteiger partial charge in [0.1, 0.15) is 17.2 Å². The summed E-state index contributed by atoms with van der Waals surface area (Å²) in [6, 6.07) is 2.82. The number of hydrogen-bond acceptors (Lipinski definition) is 3. The van der Waals surface area contributed by atoms with Crippen molar-refractivity contribution in [2.24, 2.45) is 5.92 Å². The summed E-state index contributed by atoms with van der Waals surface area (Å²) in [5.74, 6) is -2.47. The molecule has 23 heavy (non-hydrogen) atoms. The summed E-state index contributed by atoms with van der Waals surface area (Å²) in [6.45, 7) is 5.87. The summed E-state index contributed by atoms with van der Waals surface area (Å²) in [7, 11) is 0. The van der Waals surface area contributed by atoms with Gasteiger partial charge in [-0.25, -0.2) is 13.6 Å².